The van der Waals surface area contributed by atoms with E-state index in [-0.39, 0.29) is 11.7 Å². The Kier molecular flexibility index (Phi) is 4.29. The van der Waals surface area contributed by atoms with Crippen molar-refractivity contribution in [3.8, 4) is 0 Å². The molecule has 1 aromatic carbocycles. The number of nitrogens with one attached hydrogen (secondary N) is 2. The minimum Gasteiger partial charge on any atom is -0.351 e. The number of carbonyl (C=O) groups excluding carboxylic acids is 2. The SMILES string of the molecule is Cc1cc(C)n2nc(C(=O)NCc3ccc(NC(N)=O)cc3)nc2n1. The second-order valence-corrected chi connectivity index (χ2v) is 5.55. The minimum atomic E-state index is -0.627. The van der Waals surface area contributed by atoms with Gasteiger partial charge in [0.25, 0.3) is 11.7 Å². The minimum absolute atomic E-state index is 0.0632. The molecule has 0 radical (unpaired) electrons. The quantitative estimate of drug-likeness (QED) is 0.657. The normalized spacial score (nSPS) is 10.6. The molecule has 3 amide bonds. The highest BCUT2D eigenvalue weighted by Crippen LogP contribution is 2.09. The van der Waals surface area contributed by atoms with Gasteiger partial charge in [0.2, 0.25) is 5.82 Å². The molecule has 128 valence electrons. The molecule has 25 heavy (non-hydrogen) atoms. The van der Waals surface area contributed by atoms with Gasteiger partial charge in [0.1, 0.15) is 0 Å². The molecule has 0 atom stereocenters. The summed E-state index contributed by atoms with van der Waals surface area (Å²) >= 11 is 0. The number of carbonyl (C=O) groups is 2. The Morgan fingerprint density at radius 1 is 1.16 bits per heavy atom. The molecular formula is C16H17N7O2. The van der Waals surface area contributed by atoms with Crippen LogP contribution in [0.3, 0.4) is 0 Å². The molecule has 9 nitrogen and oxygen atoms in total. The number of nitrogens with two attached hydrogens (primary N) is 1. The van der Waals surface area contributed by atoms with Crippen LogP contribution in [-0.2, 0) is 6.54 Å². The Morgan fingerprint density at radius 2 is 1.88 bits per heavy atom. The van der Waals surface area contributed by atoms with E-state index >= 15 is 0 Å². The Hall–Kier alpha value is -3.49. The second kappa shape index (κ2) is 6.56. The Balaban J connectivity index is 1.68. The lowest BCUT2D eigenvalue weighted by Gasteiger charge is -2.05. The molecule has 0 aliphatic carbocycles. The third-order valence-electron chi connectivity index (χ3n) is 3.50. The van der Waals surface area contributed by atoms with Crippen LogP contribution >= 0.6 is 0 Å². The first-order valence-corrected chi connectivity index (χ1v) is 7.57. The predicted molar refractivity (Wildman–Crippen MR) is 91.1 cm³/mol. The van der Waals surface area contributed by atoms with E-state index < -0.39 is 6.03 Å². The van der Waals surface area contributed by atoms with E-state index in [1.54, 1.807) is 24.3 Å². The summed E-state index contributed by atoms with van der Waals surface area (Å²) in [4.78, 5) is 31.4. The predicted octanol–water partition coefficient (Wildman–Crippen LogP) is 1.16. The van der Waals surface area contributed by atoms with Gasteiger partial charge in [-0.25, -0.2) is 14.3 Å². The molecule has 3 aromatic rings. The maximum Gasteiger partial charge on any atom is 0.316 e. The zero-order chi connectivity index (χ0) is 18.0. The van der Waals surface area contributed by atoms with Gasteiger partial charge >= 0.3 is 6.03 Å². The number of aryl methyl sites for hydroxylation is 2. The largest absolute Gasteiger partial charge is 0.351 e. The summed E-state index contributed by atoms with van der Waals surface area (Å²) < 4.78 is 1.53. The van der Waals surface area contributed by atoms with Crippen molar-refractivity contribution in [1.29, 1.82) is 0 Å². The van der Waals surface area contributed by atoms with E-state index in [4.69, 9.17) is 5.73 Å². The third kappa shape index (κ3) is 3.71. The number of hydrogen-bond donors (Lipinski definition) is 3. The summed E-state index contributed by atoms with van der Waals surface area (Å²) in [6.07, 6.45) is 0. The van der Waals surface area contributed by atoms with Gasteiger partial charge in [0.05, 0.1) is 0 Å². The van der Waals surface area contributed by atoms with Crippen molar-refractivity contribution < 1.29 is 9.59 Å². The van der Waals surface area contributed by atoms with Gasteiger partial charge < -0.3 is 16.4 Å². The first-order valence-electron chi connectivity index (χ1n) is 7.57. The Labute approximate surface area is 143 Å². The number of amides is 3. The molecule has 0 fully saturated rings. The van der Waals surface area contributed by atoms with Crippen LogP contribution in [0.4, 0.5) is 10.5 Å². The van der Waals surface area contributed by atoms with Crippen molar-refractivity contribution in [1.82, 2.24) is 24.9 Å². The van der Waals surface area contributed by atoms with Crippen LogP contribution in [0.5, 0.6) is 0 Å². The van der Waals surface area contributed by atoms with Crippen molar-refractivity contribution in [2.24, 2.45) is 5.73 Å². The standard InChI is InChI=1S/C16H17N7O2/c1-9-7-10(2)23-16(19-9)21-13(22-23)14(24)18-8-11-3-5-12(6-4-11)20-15(17)25/h3-7H,8H2,1-2H3,(H,18,24)(H3,17,20,25). The lowest BCUT2D eigenvalue weighted by atomic mass is 10.2. The number of hydrogen-bond acceptors (Lipinski definition) is 5. The maximum absolute atomic E-state index is 12.2. The average Bonchev–Trinajstić information content (AvgIpc) is 2.98. The monoisotopic (exact) mass is 339 g/mol. The molecule has 0 saturated heterocycles. The summed E-state index contributed by atoms with van der Waals surface area (Å²) in [7, 11) is 0. The Morgan fingerprint density at radius 3 is 2.56 bits per heavy atom. The van der Waals surface area contributed by atoms with Crippen LogP contribution in [0.2, 0.25) is 0 Å². The number of aromatic nitrogens is 4. The molecule has 3 rings (SSSR count). The fourth-order valence-corrected chi connectivity index (χ4v) is 2.37. The van der Waals surface area contributed by atoms with Crippen LogP contribution in [0.15, 0.2) is 30.3 Å². The molecule has 9 heteroatoms. The van der Waals surface area contributed by atoms with Gasteiger partial charge in [0.15, 0.2) is 0 Å². The topological polar surface area (TPSA) is 127 Å². The van der Waals surface area contributed by atoms with Gasteiger partial charge in [-0.15, -0.1) is 5.10 Å². The number of rotatable bonds is 4. The molecule has 0 bridgehead atoms. The van der Waals surface area contributed by atoms with Gasteiger partial charge in [-0.3, -0.25) is 4.79 Å². The summed E-state index contributed by atoms with van der Waals surface area (Å²) in [5.74, 6) is 0.0691. The molecule has 2 aromatic heterocycles. The zero-order valence-corrected chi connectivity index (χ0v) is 13.8. The van der Waals surface area contributed by atoms with Crippen molar-refractivity contribution in [2.45, 2.75) is 20.4 Å². The Bertz CT molecular complexity index is 947. The average molecular weight is 339 g/mol. The fraction of sp³-hybridized carbons (Fsp3) is 0.188. The van der Waals surface area contributed by atoms with Gasteiger partial charge in [-0.05, 0) is 37.6 Å². The first-order chi connectivity index (χ1) is 11.9. The van der Waals surface area contributed by atoms with E-state index in [1.165, 1.54) is 4.52 Å². The van der Waals surface area contributed by atoms with Crippen molar-refractivity contribution >= 4 is 23.4 Å². The molecule has 0 spiro atoms. The molecular weight excluding hydrogens is 322 g/mol. The van der Waals surface area contributed by atoms with Crippen LogP contribution < -0.4 is 16.4 Å². The van der Waals surface area contributed by atoms with E-state index in [1.807, 2.05) is 19.9 Å². The van der Waals surface area contributed by atoms with E-state index in [9.17, 15) is 9.59 Å². The van der Waals surface area contributed by atoms with Gasteiger partial charge in [0, 0.05) is 23.6 Å². The summed E-state index contributed by atoms with van der Waals surface area (Å²) in [5, 5.41) is 9.40. The summed E-state index contributed by atoms with van der Waals surface area (Å²) in [5.41, 5.74) is 8.16. The van der Waals surface area contributed by atoms with Crippen molar-refractivity contribution in [2.75, 3.05) is 5.32 Å². The number of benzene rings is 1. The molecule has 0 unspecified atom stereocenters. The first kappa shape index (κ1) is 16.4. The van der Waals surface area contributed by atoms with Crippen molar-refractivity contribution in [3.63, 3.8) is 0 Å². The summed E-state index contributed by atoms with van der Waals surface area (Å²) in [6, 6.07) is 8.19. The van der Waals surface area contributed by atoms with Crippen LogP contribution in [-0.4, -0.2) is 31.5 Å². The van der Waals surface area contributed by atoms with Gasteiger partial charge in [-0.2, -0.15) is 4.98 Å². The fourth-order valence-electron chi connectivity index (χ4n) is 2.37. The highest BCUT2D eigenvalue weighted by atomic mass is 16.2. The second-order valence-electron chi connectivity index (χ2n) is 5.55. The number of urea groups is 1. The maximum atomic E-state index is 12.2. The highest BCUT2D eigenvalue weighted by Gasteiger charge is 2.14. The number of fused-ring (bicyclic) bond motifs is 1. The smallest absolute Gasteiger partial charge is 0.316 e. The molecule has 2 heterocycles. The third-order valence-corrected chi connectivity index (χ3v) is 3.50. The molecule has 0 saturated carbocycles. The lowest BCUT2D eigenvalue weighted by molar-refractivity contribution is 0.0940. The number of primary amides is 1. The lowest BCUT2D eigenvalue weighted by Crippen LogP contribution is -2.24. The molecule has 4 N–H and O–H groups in total. The molecule has 0 aliphatic heterocycles. The van der Waals surface area contributed by atoms with E-state index in [0.29, 0.717) is 18.0 Å². The van der Waals surface area contributed by atoms with E-state index in [0.717, 1.165) is 17.0 Å². The van der Waals surface area contributed by atoms with Crippen LogP contribution in [0.25, 0.3) is 5.78 Å². The van der Waals surface area contributed by atoms with Crippen LogP contribution in [0.1, 0.15) is 27.6 Å². The number of nitrogens with zero attached hydrogens (tertiary/aromatic N) is 4. The molecule has 0 aliphatic rings. The zero-order valence-electron chi connectivity index (χ0n) is 13.8. The van der Waals surface area contributed by atoms with E-state index in [2.05, 4.69) is 25.7 Å². The summed E-state index contributed by atoms with van der Waals surface area (Å²) in [6.45, 7) is 4.04. The highest BCUT2D eigenvalue weighted by molar-refractivity contribution is 5.90. The van der Waals surface area contributed by atoms with Gasteiger partial charge in [-0.1, -0.05) is 12.1 Å². The van der Waals surface area contributed by atoms with Crippen LogP contribution in [0, 0.1) is 13.8 Å². The number of anilines is 1. The van der Waals surface area contributed by atoms with Crippen molar-refractivity contribution in [3.05, 3.63) is 53.1 Å².